The first-order valence-corrected chi connectivity index (χ1v) is 11.1. The SMILES string of the molecule is CC1=CC(C(O)N2CCC3(CC2)N/C2=C/C=C\C=C(/CC2)n2cccc23)CC(N)=C1. The van der Waals surface area contributed by atoms with E-state index in [4.69, 9.17) is 5.73 Å². The van der Waals surface area contributed by atoms with Gasteiger partial charge in [0.2, 0.25) is 0 Å². The van der Waals surface area contributed by atoms with Crippen LogP contribution in [-0.4, -0.2) is 33.9 Å². The minimum Gasteiger partial charge on any atom is -0.402 e. The summed E-state index contributed by atoms with van der Waals surface area (Å²) in [7, 11) is 0. The Morgan fingerprint density at radius 1 is 1.20 bits per heavy atom. The molecule has 0 saturated carbocycles. The Bertz CT molecular complexity index is 969. The highest BCUT2D eigenvalue weighted by Crippen LogP contribution is 2.40. The quantitative estimate of drug-likeness (QED) is 0.705. The fourth-order valence-corrected chi connectivity index (χ4v) is 5.55. The van der Waals surface area contributed by atoms with E-state index < -0.39 is 6.23 Å². The Labute approximate surface area is 178 Å². The third kappa shape index (κ3) is 3.46. The molecule has 0 radical (unpaired) electrons. The molecule has 2 atom stereocenters. The van der Waals surface area contributed by atoms with Gasteiger partial charge in [0.25, 0.3) is 0 Å². The zero-order valence-corrected chi connectivity index (χ0v) is 17.7. The maximum Gasteiger partial charge on any atom is 0.114 e. The summed E-state index contributed by atoms with van der Waals surface area (Å²) >= 11 is 0. The molecule has 4 N–H and O–H groups in total. The van der Waals surface area contributed by atoms with Gasteiger partial charge in [-0.25, -0.2) is 0 Å². The van der Waals surface area contributed by atoms with Crippen molar-refractivity contribution >= 4 is 5.70 Å². The second-order valence-corrected chi connectivity index (χ2v) is 9.15. The number of piperidine rings is 1. The Morgan fingerprint density at radius 2 is 2.00 bits per heavy atom. The summed E-state index contributed by atoms with van der Waals surface area (Å²) in [5.74, 6) is 0.0685. The number of aromatic nitrogens is 1. The average molecular weight is 405 g/mol. The maximum atomic E-state index is 11.1. The second-order valence-electron chi connectivity index (χ2n) is 9.15. The molecule has 0 amide bonds. The average Bonchev–Trinajstić information content (AvgIpc) is 3.19. The molecule has 2 aliphatic heterocycles. The summed E-state index contributed by atoms with van der Waals surface area (Å²) in [6.45, 7) is 3.77. The van der Waals surface area contributed by atoms with E-state index in [2.05, 4.69) is 70.4 Å². The van der Waals surface area contributed by atoms with Crippen LogP contribution < -0.4 is 11.1 Å². The molecule has 3 heterocycles. The minimum atomic E-state index is -0.489. The molecule has 1 spiro atoms. The molecule has 1 aromatic rings. The van der Waals surface area contributed by atoms with Gasteiger partial charge in [0.05, 0.1) is 5.54 Å². The van der Waals surface area contributed by atoms with E-state index in [1.54, 1.807) is 0 Å². The highest BCUT2D eigenvalue weighted by molar-refractivity contribution is 5.54. The first-order chi connectivity index (χ1) is 14.5. The number of aliphatic hydroxyl groups excluding tert-OH is 1. The van der Waals surface area contributed by atoms with Crippen molar-refractivity contribution < 1.29 is 5.11 Å². The number of hydrogen-bond donors (Lipinski definition) is 3. The van der Waals surface area contributed by atoms with Gasteiger partial charge in [0.15, 0.2) is 0 Å². The lowest BCUT2D eigenvalue weighted by Gasteiger charge is -2.47. The van der Waals surface area contributed by atoms with Gasteiger partial charge >= 0.3 is 0 Å². The van der Waals surface area contributed by atoms with Crippen molar-refractivity contribution in [3.8, 4) is 0 Å². The Kier molecular flexibility index (Phi) is 4.95. The smallest absolute Gasteiger partial charge is 0.114 e. The van der Waals surface area contributed by atoms with Gasteiger partial charge in [-0.2, -0.15) is 0 Å². The van der Waals surface area contributed by atoms with Crippen LogP contribution in [0, 0.1) is 5.92 Å². The van der Waals surface area contributed by atoms with E-state index in [9.17, 15) is 5.11 Å². The highest BCUT2D eigenvalue weighted by Gasteiger charge is 2.42. The Morgan fingerprint density at radius 3 is 2.80 bits per heavy atom. The van der Waals surface area contributed by atoms with E-state index in [1.165, 1.54) is 17.1 Å². The van der Waals surface area contributed by atoms with Crippen LogP contribution in [0.25, 0.3) is 5.70 Å². The lowest BCUT2D eigenvalue weighted by Crippen LogP contribution is -2.55. The molecule has 2 unspecified atom stereocenters. The molecule has 1 fully saturated rings. The summed E-state index contributed by atoms with van der Waals surface area (Å²) in [6, 6.07) is 4.43. The Hall–Kier alpha value is -2.50. The van der Waals surface area contributed by atoms with Crippen molar-refractivity contribution in [3.63, 3.8) is 0 Å². The summed E-state index contributed by atoms with van der Waals surface area (Å²) in [6.07, 6.45) is 19.3. The fraction of sp³-hybridized carbons (Fsp3) is 0.440. The summed E-state index contributed by atoms with van der Waals surface area (Å²) in [4.78, 5) is 2.23. The van der Waals surface area contributed by atoms with E-state index in [-0.39, 0.29) is 11.5 Å². The monoisotopic (exact) mass is 404 g/mol. The molecule has 2 aliphatic carbocycles. The van der Waals surface area contributed by atoms with Crippen LogP contribution >= 0.6 is 0 Å². The second kappa shape index (κ2) is 7.64. The van der Waals surface area contributed by atoms with Gasteiger partial charge in [-0.3, -0.25) is 4.90 Å². The number of rotatable bonds is 2. The van der Waals surface area contributed by atoms with Crippen LogP contribution in [0.1, 0.15) is 44.7 Å². The molecular weight excluding hydrogens is 372 g/mol. The predicted octanol–water partition coefficient (Wildman–Crippen LogP) is 3.58. The van der Waals surface area contributed by atoms with Gasteiger partial charge in [-0.05, 0) is 69.4 Å². The zero-order chi connectivity index (χ0) is 20.7. The standard InChI is InChI=1S/C25H32N4O/c1-18-15-19(17-20(26)16-18)24(30)28-13-10-25(11-14-28)23-7-4-12-29(23)22-6-3-2-5-21(27-25)8-9-22/h2-7,12,15-16,19,24,27,30H,8-11,13-14,17,26H2,1H3/b3-2-,21-5+,22-6+. The molecule has 2 bridgehead atoms. The van der Waals surface area contributed by atoms with Crippen LogP contribution in [0.2, 0.25) is 0 Å². The van der Waals surface area contributed by atoms with Gasteiger partial charge < -0.3 is 20.7 Å². The summed E-state index contributed by atoms with van der Waals surface area (Å²) in [5.41, 5.74) is 12.0. The number of nitrogens with one attached hydrogen (secondary N) is 1. The summed E-state index contributed by atoms with van der Waals surface area (Å²) in [5, 5.41) is 15.0. The van der Waals surface area contributed by atoms with E-state index in [0.717, 1.165) is 56.5 Å². The number of hydrogen-bond acceptors (Lipinski definition) is 4. The topological polar surface area (TPSA) is 66.5 Å². The van der Waals surface area contributed by atoms with Gasteiger partial charge in [-0.1, -0.05) is 23.8 Å². The predicted molar refractivity (Wildman–Crippen MR) is 121 cm³/mol. The van der Waals surface area contributed by atoms with E-state index in [1.807, 2.05) is 6.08 Å². The molecule has 158 valence electrons. The first-order valence-electron chi connectivity index (χ1n) is 11.1. The number of aliphatic hydroxyl groups is 1. The van der Waals surface area contributed by atoms with Crippen molar-refractivity contribution in [2.45, 2.75) is 50.8 Å². The van der Waals surface area contributed by atoms with Crippen LogP contribution in [-0.2, 0) is 5.54 Å². The molecular formula is C25H32N4O. The molecule has 5 heteroatoms. The Balaban J connectivity index is 1.39. The lowest BCUT2D eigenvalue weighted by molar-refractivity contribution is -0.0509. The van der Waals surface area contributed by atoms with E-state index in [0.29, 0.717) is 0 Å². The summed E-state index contributed by atoms with van der Waals surface area (Å²) < 4.78 is 2.38. The van der Waals surface area contributed by atoms with Crippen LogP contribution in [0.4, 0.5) is 0 Å². The van der Waals surface area contributed by atoms with Crippen molar-refractivity contribution in [3.05, 3.63) is 77.4 Å². The number of allylic oxidation sites excluding steroid dienone is 9. The largest absolute Gasteiger partial charge is 0.402 e. The molecule has 5 rings (SSSR count). The number of likely N-dealkylation sites (tertiary alicyclic amines) is 1. The van der Waals surface area contributed by atoms with Crippen molar-refractivity contribution in [1.29, 1.82) is 0 Å². The van der Waals surface area contributed by atoms with Crippen LogP contribution in [0.3, 0.4) is 0 Å². The fourth-order valence-electron chi connectivity index (χ4n) is 5.55. The van der Waals surface area contributed by atoms with Crippen molar-refractivity contribution in [2.24, 2.45) is 11.7 Å². The third-order valence-electron chi connectivity index (χ3n) is 7.07. The van der Waals surface area contributed by atoms with Crippen LogP contribution in [0.15, 0.2) is 71.8 Å². The molecule has 4 aliphatic rings. The number of nitrogens with zero attached hydrogens (tertiary/aromatic N) is 2. The molecule has 30 heavy (non-hydrogen) atoms. The van der Waals surface area contributed by atoms with Crippen molar-refractivity contribution in [1.82, 2.24) is 14.8 Å². The minimum absolute atomic E-state index is 0.0685. The number of fused-ring (bicyclic) bond motifs is 6. The third-order valence-corrected chi connectivity index (χ3v) is 7.07. The van der Waals surface area contributed by atoms with Crippen molar-refractivity contribution in [2.75, 3.05) is 13.1 Å². The molecule has 0 aromatic carbocycles. The molecule has 1 saturated heterocycles. The van der Waals surface area contributed by atoms with Gasteiger partial charge in [-0.15, -0.1) is 0 Å². The number of nitrogens with two attached hydrogens (primary N) is 1. The normalized spacial score (nSPS) is 31.3. The molecule has 5 nitrogen and oxygen atoms in total. The van der Waals surface area contributed by atoms with Crippen LogP contribution in [0.5, 0.6) is 0 Å². The first kappa shape index (κ1) is 19.5. The zero-order valence-electron chi connectivity index (χ0n) is 17.7. The lowest BCUT2D eigenvalue weighted by atomic mass is 9.81. The highest BCUT2D eigenvalue weighted by atomic mass is 16.3. The maximum absolute atomic E-state index is 11.1. The molecule has 1 aromatic heterocycles. The van der Waals surface area contributed by atoms with Gasteiger partial charge in [0, 0.05) is 48.0 Å². The van der Waals surface area contributed by atoms with Gasteiger partial charge in [0.1, 0.15) is 6.23 Å². The van der Waals surface area contributed by atoms with E-state index >= 15 is 0 Å².